The van der Waals surface area contributed by atoms with Gasteiger partial charge in [0.2, 0.25) is 5.91 Å². The quantitative estimate of drug-likeness (QED) is 0.724. The van der Waals surface area contributed by atoms with Crippen LogP contribution in [0.1, 0.15) is 46.3 Å². The van der Waals surface area contributed by atoms with E-state index in [1.165, 1.54) is 5.56 Å². The molecule has 2 saturated heterocycles. The summed E-state index contributed by atoms with van der Waals surface area (Å²) < 4.78 is 0. The van der Waals surface area contributed by atoms with Crippen molar-refractivity contribution in [2.75, 3.05) is 39.3 Å². The third kappa shape index (κ3) is 5.80. The van der Waals surface area contributed by atoms with Gasteiger partial charge in [0.15, 0.2) is 0 Å². The van der Waals surface area contributed by atoms with Crippen molar-refractivity contribution < 1.29 is 9.59 Å². The Morgan fingerprint density at radius 3 is 2.36 bits per heavy atom. The van der Waals surface area contributed by atoms with Crippen molar-refractivity contribution in [3.63, 3.8) is 0 Å². The number of amides is 2. The summed E-state index contributed by atoms with van der Waals surface area (Å²) in [7, 11) is 0. The number of hydrogen-bond acceptors (Lipinski definition) is 4. The second-order valence-electron chi connectivity index (χ2n) is 9.22. The molecule has 2 heterocycles. The fourth-order valence-corrected chi connectivity index (χ4v) is 4.79. The predicted octanol–water partition coefficient (Wildman–Crippen LogP) is 3.45. The van der Waals surface area contributed by atoms with E-state index in [9.17, 15) is 9.59 Å². The third-order valence-corrected chi connectivity index (χ3v) is 6.75. The van der Waals surface area contributed by atoms with E-state index in [2.05, 4.69) is 11.0 Å². The molecule has 1 unspecified atom stereocenters. The number of nitrogens with zero attached hydrogens (tertiary/aromatic N) is 4. The van der Waals surface area contributed by atoms with Crippen LogP contribution >= 0.6 is 0 Å². The molecular weight excluding hydrogens is 412 g/mol. The molecule has 2 aliphatic rings. The summed E-state index contributed by atoms with van der Waals surface area (Å²) >= 11 is 0. The van der Waals surface area contributed by atoms with Gasteiger partial charge in [-0.2, -0.15) is 5.26 Å². The number of carbonyl (C=O) groups excluding carboxylic acids is 2. The Morgan fingerprint density at radius 2 is 1.64 bits per heavy atom. The summed E-state index contributed by atoms with van der Waals surface area (Å²) in [5.74, 6) is 0.104. The van der Waals surface area contributed by atoms with Crippen molar-refractivity contribution >= 4 is 11.8 Å². The van der Waals surface area contributed by atoms with Crippen molar-refractivity contribution in [2.45, 2.75) is 32.7 Å². The Morgan fingerprint density at radius 1 is 0.909 bits per heavy atom. The lowest BCUT2D eigenvalue weighted by Gasteiger charge is -2.35. The fourth-order valence-electron chi connectivity index (χ4n) is 4.79. The highest BCUT2D eigenvalue weighted by Gasteiger charge is 2.32. The standard InChI is InChI=1S/C27H32N4O2/c1-21-5-11-24(12-6-21)26(32)31-14-2-4-25(20-31)27(33)30-15-3-13-29(16-17-30)19-23-9-7-22(18-28)8-10-23/h5-12,25H,2-4,13-17,19-20H2,1H3. The van der Waals surface area contributed by atoms with Crippen molar-refractivity contribution in [3.05, 3.63) is 70.8 Å². The van der Waals surface area contributed by atoms with Crippen LogP contribution in [0, 0.1) is 24.2 Å². The second kappa shape index (κ2) is 10.6. The van der Waals surface area contributed by atoms with Gasteiger partial charge < -0.3 is 9.80 Å². The monoisotopic (exact) mass is 444 g/mol. The first kappa shape index (κ1) is 23.0. The molecule has 6 heteroatoms. The smallest absolute Gasteiger partial charge is 0.253 e. The van der Waals surface area contributed by atoms with Gasteiger partial charge in [0.25, 0.3) is 5.91 Å². The lowest BCUT2D eigenvalue weighted by Crippen LogP contribution is -2.47. The van der Waals surface area contributed by atoms with Crippen molar-refractivity contribution in [1.82, 2.24) is 14.7 Å². The maximum Gasteiger partial charge on any atom is 0.253 e. The van der Waals surface area contributed by atoms with Crippen LogP contribution in [0.15, 0.2) is 48.5 Å². The molecule has 172 valence electrons. The summed E-state index contributed by atoms with van der Waals surface area (Å²) in [5.41, 5.74) is 3.69. The Bertz CT molecular complexity index is 1010. The largest absolute Gasteiger partial charge is 0.341 e. The molecule has 2 aliphatic heterocycles. The van der Waals surface area contributed by atoms with E-state index in [1.807, 2.05) is 65.3 Å². The number of piperidine rings is 1. The van der Waals surface area contributed by atoms with E-state index in [0.717, 1.165) is 64.1 Å². The molecule has 0 bridgehead atoms. The Kier molecular flexibility index (Phi) is 7.41. The van der Waals surface area contributed by atoms with Gasteiger partial charge in [-0.15, -0.1) is 0 Å². The van der Waals surface area contributed by atoms with E-state index in [1.54, 1.807) is 0 Å². The van der Waals surface area contributed by atoms with Crippen molar-refractivity contribution in [3.8, 4) is 6.07 Å². The van der Waals surface area contributed by atoms with E-state index < -0.39 is 0 Å². The Labute approximate surface area is 196 Å². The molecule has 2 fully saturated rings. The minimum absolute atomic E-state index is 0.0250. The number of benzene rings is 2. The average Bonchev–Trinajstić information content (AvgIpc) is 3.10. The highest BCUT2D eigenvalue weighted by atomic mass is 16.2. The summed E-state index contributed by atoms with van der Waals surface area (Å²) in [4.78, 5) is 32.5. The number of carbonyl (C=O) groups is 2. The van der Waals surface area contributed by atoms with Gasteiger partial charge in [0.1, 0.15) is 0 Å². The molecule has 0 spiro atoms. The van der Waals surface area contributed by atoms with Gasteiger partial charge in [-0.05, 0) is 56.0 Å². The molecule has 0 aromatic heterocycles. The normalized spacial score (nSPS) is 19.6. The molecule has 6 nitrogen and oxygen atoms in total. The van der Waals surface area contributed by atoms with Gasteiger partial charge >= 0.3 is 0 Å². The van der Waals surface area contributed by atoms with Gasteiger partial charge in [-0.3, -0.25) is 14.5 Å². The molecule has 0 aliphatic carbocycles. The van der Waals surface area contributed by atoms with Crippen LogP contribution in [-0.2, 0) is 11.3 Å². The van der Waals surface area contributed by atoms with Crippen LogP contribution in [0.25, 0.3) is 0 Å². The first-order chi connectivity index (χ1) is 16.0. The third-order valence-electron chi connectivity index (χ3n) is 6.75. The first-order valence-electron chi connectivity index (χ1n) is 11.9. The van der Waals surface area contributed by atoms with Gasteiger partial charge in [0, 0.05) is 51.4 Å². The van der Waals surface area contributed by atoms with Crippen molar-refractivity contribution in [2.24, 2.45) is 5.92 Å². The maximum atomic E-state index is 13.3. The summed E-state index contributed by atoms with van der Waals surface area (Å²) in [5, 5.41) is 8.97. The minimum atomic E-state index is -0.113. The molecule has 2 amide bonds. The molecule has 0 N–H and O–H groups in total. The van der Waals surface area contributed by atoms with Gasteiger partial charge in [-0.1, -0.05) is 29.8 Å². The number of aryl methyl sites for hydroxylation is 1. The second-order valence-corrected chi connectivity index (χ2v) is 9.22. The first-order valence-corrected chi connectivity index (χ1v) is 11.9. The van der Waals surface area contributed by atoms with Crippen LogP contribution in [-0.4, -0.2) is 65.8 Å². The SMILES string of the molecule is Cc1ccc(C(=O)N2CCCC(C(=O)N3CCCN(Cc4ccc(C#N)cc4)CC3)C2)cc1. The molecular formula is C27H32N4O2. The topological polar surface area (TPSA) is 67.7 Å². The molecule has 33 heavy (non-hydrogen) atoms. The fraction of sp³-hybridized carbons (Fsp3) is 0.444. The molecule has 2 aromatic rings. The Hall–Kier alpha value is -3.17. The average molecular weight is 445 g/mol. The van der Waals surface area contributed by atoms with E-state index in [0.29, 0.717) is 17.7 Å². The van der Waals surface area contributed by atoms with E-state index in [-0.39, 0.29) is 17.7 Å². The van der Waals surface area contributed by atoms with E-state index >= 15 is 0 Å². The predicted molar refractivity (Wildman–Crippen MR) is 127 cm³/mol. The van der Waals surface area contributed by atoms with Crippen LogP contribution in [0.3, 0.4) is 0 Å². The number of likely N-dealkylation sites (tertiary alicyclic amines) is 1. The Balaban J connectivity index is 1.32. The lowest BCUT2D eigenvalue weighted by molar-refractivity contribution is -0.136. The molecule has 0 radical (unpaired) electrons. The number of hydrogen-bond donors (Lipinski definition) is 0. The molecule has 1 atom stereocenters. The number of rotatable bonds is 4. The summed E-state index contributed by atoms with van der Waals surface area (Å²) in [6, 6.07) is 17.6. The molecule has 2 aromatic carbocycles. The zero-order valence-electron chi connectivity index (χ0n) is 19.4. The number of nitriles is 1. The highest BCUT2D eigenvalue weighted by Crippen LogP contribution is 2.22. The zero-order valence-corrected chi connectivity index (χ0v) is 19.4. The maximum absolute atomic E-state index is 13.3. The lowest BCUT2D eigenvalue weighted by atomic mass is 9.95. The van der Waals surface area contributed by atoms with E-state index in [4.69, 9.17) is 5.26 Å². The van der Waals surface area contributed by atoms with Gasteiger partial charge in [-0.25, -0.2) is 0 Å². The van der Waals surface area contributed by atoms with Gasteiger partial charge in [0.05, 0.1) is 17.6 Å². The minimum Gasteiger partial charge on any atom is -0.341 e. The van der Waals surface area contributed by atoms with Crippen LogP contribution < -0.4 is 0 Å². The highest BCUT2D eigenvalue weighted by molar-refractivity contribution is 5.94. The summed E-state index contributed by atoms with van der Waals surface area (Å²) in [6.45, 7) is 7.35. The molecule has 0 saturated carbocycles. The zero-order chi connectivity index (χ0) is 23.2. The summed E-state index contributed by atoms with van der Waals surface area (Å²) in [6.07, 6.45) is 2.66. The van der Waals surface area contributed by atoms with Crippen LogP contribution in [0.4, 0.5) is 0 Å². The van der Waals surface area contributed by atoms with Crippen molar-refractivity contribution in [1.29, 1.82) is 5.26 Å². The molecule has 4 rings (SSSR count). The van der Waals surface area contributed by atoms with Crippen LogP contribution in [0.2, 0.25) is 0 Å². The van der Waals surface area contributed by atoms with Crippen LogP contribution in [0.5, 0.6) is 0 Å².